The van der Waals surface area contributed by atoms with Gasteiger partial charge in [-0.25, -0.2) is 13.2 Å². The number of hydrogen-bond acceptors (Lipinski definition) is 8. The van der Waals surface area contributed by atoms with Gasteiger partial charge in [0.15, 0.2) is 5.82 Å². The van der Waals surface area contributed by atoms with Gasteiger partial charge in [-0.15, -0.1) is 0 Å². The van der Waals surface area contributed by atoms with Gasteiger partial charge in [0.2, 0.25) is 0 Å². The number of phenolic OH excluding ortho intramolecular Hbond substituents is 1. The molecule has 2 aromatic carbocycles. The van der Waals surface area contributed by atoms with Crippen LogP contribution in [0.15, 0.2) is 30.5 Å². The molecule has 43 heavy (non-hydrogen) atoms. The van der Waals surface area contributed by atoms with Gasteiger partial charge >= 0.3 is 6.01 Å². The highest BCUT2D eigenvalue weighted by Crippen LogP contribution is 2.42. The molecule has 0 amide bonds. The summed E-state index contributed by atoms with van der Waals surface area (Å²) < 4.78 is 52.1. The number of phenols is 1. The van der Waals surface area contributed by atoms with Crippen LogP contribution in [0, 0.1) is 17.6 Å². The molecule has 1 unspecified atom stereocenters. The third kappa shape index (κ3) is 4.73. The van der Waals surface area contributed by atoms with Gasteiger partial charge in [0.25, 0.3) is 0 Å². The first-order valence-electron chi connectivity index (χ1n) is 15.0. The Morgan fingerprint density at radius 1 is 1.14 bits per heavy atom. The Kier molecular flexibility index (Phi) is 7.04. The van der Waals surface area contributed by atoms with Gasteiger partial charge in [-0.3, -0.25) is 9.88 Å². The van der Waals surface area contributed by atoms with E-state index in [1.807, 2.05) is 11.8 Å². The van der Waals surface area contributed by atoms with Gasteiger partial charge in [0.1, 0.15) is 41.4 Å². The summed E-state index contributed by atoms with van der Waals surface area (Å²) in [4.78, 5) is 17.8. The number of hydrogen-bond donors (Lipinski definition) is 2. The van der Waals surface area contributed by atoms with E-state index >= 15 is 4.39 Å². The molecule has 2 aromatic heterocycles. The molecule has 2 N–H and O–H groups in total. The van der Waals surface area contributed by atoms with E-state index in [1.54, 1.807) is 6.07 Å². The second-order valence-corrected chi connectivity index (χ2v) is 12.1. The van der Waals surface area contributed by atoms with Crippen molar-refractivity contribution in [3.63, 3.8) is 0 Å². The average Bonchev–Trinajstić information content (AvgIpc) is 3.70. The van der Waals surface area contributed by atoms with E-state index in [4.69, 9.17) is 9.72 Å². The number of fused-ring (bicyclic) bond motifs is 3. The zero-order valence-electron chi connectivity index (χ0n) is 24.0. The SMILES string of the molecule is CCc1c(F)ccc2cc(O)cc(-c3ncc4c(N5CC[C@H](CO)C5)nc(OC[C@@]56CCCN5CC(F)C6)nc4c3F)c12. The van der Waals surface area contributed by atoms with Crippen LogP contribution < -0.4 is 9.64 Å². The fourth-order valence-electron chi connectivity index (χ4n) is 7.37. The molecule has 0 radical (unpaired) electrons. The summed E-state index contributed by atoms with van der Waals surface area (Å²) in [6.07, 6.45) is 3.84. The first-order valence-corrected chi connectivity index (χ1v) is 15.0. The number of pyridine rings is 1. The Balaban J connectivity index is 1.37. The molecule has 3 aliphatic rings. The molecule has 0 spiro atoms. The van der Waals surface area contributed by atoms with Crippen LogP contribution in [0.1, 0.15) is 38.2 Å². The zero-order valence-corrected chi connectivity index (χ0v) is 24.0. The topological polar surface area (TPSA) is 94.8 Å². The highest BCUT2D eigenvalue weighted by molar-refractivity contribution is 6.01. The van der Waals surface area contributed by atoms with Gasteiger partial charge < -0.3 is 19.8 Å². The molecular weight excluding hydrogens is 559 g/mol. The fraction of sp³-hybridized carbons (Fsp3) is 0.469. The summed E-state index contributed by atoms with van der Waals surface area (Å²) in [6.45, 7) is 4.37. The molecule has 3 aliphatic heterocycles. The Hall–Kier alpha value is -3.70. The largest absolute Gasteiger partial charge is 0.508 e. The maximum absolute atomic E-state index is 16.6. The van der Waals surface area contributed by atoms with E-state index in [0.29, 0.717) is 60.0 Å². The number of benzene rings is 2. The minimum atomic E-state index is -0.918. The number of aromatic hydroxyl groups is 1. The Bertz CT molecular complexity index is 1720. The molecule has 11 heteroatoms. The molecule has 3 atom stereocenters. The average molecular weight is 594 g/mol. The van der Waals surface area contributed by atoms with Crippen molar-refractivity contribution >= 4 is 27.5 Å². The van der Waals surface area contributed by atoms with Crippen molar-refractivity contribution < 1.29 is 28.1 Å². The van der Waals surface area contributed by atoms with Crippen molar-refractivity contribution in [1.82, 2.24) is 19.9 Å². The van der Waals surface area contributed by atoms with Crippen LogP contribution in [0.25, 0.3) is 32.9 Å². The van der Waals surface area contributed by atoms with Crippen molar-refractivity contribution in [3.05, 3.63) is 47.7 Å². The summed E-state index contributed by atoms with van der Waals surface area (Å²) in [6, 6.07) is 5.79. The third-order valence-electron chi connectivity index (χ3n) is 9.48. The fourth-order valence-corrected chi connectivity index (χ4v) is 7.37. The van der Waals surface area contributed by atoms with Crippen molar-refractivity contribution in [2.24, 2.45) is 5.92 Å². The predicted molar refractivity (Wildman–Crippen MR) is 157 cm³/mol. The maximum atomic E-state index is 16.6. The van der Waals surface area contributed by atoms with E-state index in [0.717, 1.165) is 25.8 Å². The number of aliphatic hydroxyl groups is 1. The number of aromatic nitrogens is 3. The van der Waals surface area contributed by atoms with E-state index < -0.39 is 23.3 Å². The first-order chi connectivity index (χ1) is 20.8. The Labute approximate surface area is 247 Å². The number of aliphatic hydroxyl groups excluding tert-OH is 1. The van der Waals surface area contributed by atoms with Gasteiger partial charge in [-0.2, -0.15) is 9.97 Å². The molecule has 4 aromatic rings. The summed E-state index contributed by atoms with van der Waals surface area (Å²) in [7, 11) is 0. The van der Waals surface area contributed by atoms with Gasteiger partial charge in [-0.05, 0) is 66.8 Å². The summed E-state index contributed by atoms with van der Waals surface area (Å²) >= 11 is 0. The van der Waals surface area contributed by atoms with Crippen LogP contribution in [0.5, 0.6) is 11.8 Å². The van der Waals surface area contributed by atoms with Gasteiger partial charge in [0, 0.05) is 50.3 Å². The van der Waals surface area contributed by atoms with E-state index in [9.17, 15) is 19.0 Å². The lowest BCUT2D eigenvalue weighted by Crippen LogP contribution is -2.43. The second kappa shape index (κ2) is 10.8. The van der Waals surface area contributed by atoms with Crippen molar-refractivity contribution in [1.29, 1.82) is 0 Å². The Morgan fingerprint density at radius 3 is 2.79 bits per heavy atom. The van der Waals surface area contributed by atoms with Crippen molar-refractivity contribution in [2.75, 3.05) is 44.3 Å². The van der Waals surface area contributed by atoms with Gasteiger partial charge in [-0.1, -0.05) is 13.0 Å². The number of rotatable bonds is 7. The molecule has 0 saturated carbocycles. The standard InChI is InChI=1S/C32H34F3N5O3/c1-2-22-25(34)5-4-19-10-21(42)11-23(26(19)22)28-27(35)29-24(13-36-28)30(39-9-6-18(14-39)16-41)38-31(37-29)43-17-32-7-3-8-40(32)15-20(33)12-32/h4-5,10-11,13,18,20,41-42H,2-3,6-9,12,14-17H2,1H3/t18-,20?,32-/m0/s1. The summed E-state index contributed by atoms with van der Waals surface area (Å²) in [5, 5.41) is 21.7. The summed E-state index contributed by atoms with van der Waals surface area (Å²) in [5.41, 5.74) is 0.137. The van der Waals surface area contributed by atoms with Crippen LogP contribution in [-0.2, 0) is 6.42 Å². The van der Waals surface area contributed by atoms with E-state index in [-0.39, 0.29) is 47.7 Å². The molecule has 3 saturated heterocycles. The number of alkyl halides is 1. The minimum Gasteiger partial charge on any atom is -0.508 e. The maximum Gasteiger partial charge on any atom is 0.319 e. The van der Waals surface area contributed by atoms with Crippen LogP contribution in [-0.4, -0.2) is 81.2 Å². The Morgan fingerprint density at radius 2 is 2.00 bits per heavy atom. The second-order valence-electron chi connectivity index (χ2n) is 12.1. The first kappa shape index (κ1) is 28.1. The van der Waals surface area contributed by atoms with Crippen molar-refractivity contribution in [2.45, 2.75) is 50.7 Å². The number of aryl methyl sites for hydroxylation is 1. The van der Waals surface area contributed by atoms with Crippen LogP contribution in [0.3, 0.4) is 0 Å². The molecular formula is C32H34F3N5O3. The lowest BCUT2D eigenvalue weighted by molar-refractivity contribution is 0.107. The van der Waals surface area contributed by atoms with E-state index in [2.05, 4.69) is 14.9 Å². The minimum absolute atomic E-state index is 0.0149. The summed E-state index contributed by atoms with van der Waals surface area (Å²) in [5.74, 6) is -0.755. The highest BCUT2D eigenvalue weighted by Gasteiger charge is 2.49. The monoisotopic (exact) mass is 593 g/mol. The van der Waals surface area contributed by atoms with E-state index in [1.165, 1.54) is 24.4 Å². The number of nitrogens with zero attached hydrogens (tertiary/aromatic N) is 5. The normalized spacial score (nSPS) is 24.0. The van der Waals surface area contributed by atoms with Crippen LogP contribution >= 0.6 is 0 Å². The molecule has 5 heterocycles. The smallest absolute Gasteiger partial charge is 0.319 e. The molecule has 3 fully saturated rings. The van der Waals surface area contributed by atoms with Crippen LogP contribution in [0.4, 0.5) is 19.0 Å². The molecule has 0 bridgehead atoms. The molecule has 226 valence electrons. The molecule has 0 aliphatic carbocycles. The predicted octanol–water partition coefficient (Wildman–Crippen LogP) is 5.17. The molecule has 8 nitrogen and oxygen atoms in total. The van der Waals surface area contributed by atoms with Crippen molar-refractivity contribution in [3.8, 4) is 23.0 Å². The third-order valence-corrected chi connectivity index (χ3v) is 9.48. The van der Waals surface area contributed by atoms with Gasteiger partial charge in [0.05, 0.1) is 10.9 Å². The highest BCUT2D eigenvalue weighted by atomic mass is 19.1. The quantitative estimate of drug-likeness (QED) is 0.303. The van der Waals surface area contributed by atoms with Crippen LogP contribution in [0.2, 0.25) is 0 Å². The zero-order chi connectivity index (χ0) is 29.9. The number of ether oxygens (including phenoxy) is 1. The molecule has 7 rings (SSSR count). The lowest BCUT2D eigenvalue weighted by Gasteiger charge is -2.31. The lowest BCUT2D eigenvalue weighted by atomic mass is 9.94. The number of anilines is 1. The number of halogens is 3.